The van der Waals surface area contributed by atoms with E-state index in [2.05, 4.69) is 43.0 Å². The second-order valence-electron chi connectivity index (χ2n) is 7.38. The van der Waals surface area contributed by atoms with Crippen molar-refractivity contribution >= 4 is 11.6 Å². The van der Waals surface area contributed by atoms with E-state index < -0.39 is 0 Å². The lowest BCUT2D eigenvalue weighted by Gasteiger charge is -2.30. The number of fused-ring (bicyclic) bond motifs is 1. The monoisotopic (exact) mass is 375 g/mol. The minimum atomic E-state index is 0.182. The first-order valence-electron chi connectivity index (χ1n) is 10.3. The Bertz CT molecular complexity index is 847. The van der Waals surface area contributed by atoms with Crippen LogP contribution < -0.4 is 4.90 Å². The Balaban J connectivity index is 1.67. The topological polar surface area (TPSA) is 47.3 Å². The summed E-state index contributed by atoms with van der Waals surface area (Å²) in [6, 6.07) is 16.2. The Labute approximate surface area is 168 Å². The Morgan fingerprint density at radius 1 is 1.11 bits per heavy atom. The Morgan fingerprint density at radius 3 is 2.50 bits per heavy atom. The highest BCUT2D eigenvalue weighted by Gasteiger charge is 2.22. The highest BCUT2D eigenvalue weighted by Crippen LogP contribution is 2.29. The minimum Gasteiger partial charge on any atom is -0.312 e. The van der Waals surface area contributed by atoms with Crippen LogP contribution in [-0.2, 0) is 24.2 Å². The Hall–Kier alpha value is -2.64. The molecule has 1 amide bonds. The molecular formula is C24H29N3O. The number of nitriles is 1. The molecule has 0 bridgehead atoms. The molecule has 1 heterocycles. The predicted molar refractivity (Wildman–Crippen MR) is 113 cm³/mol. The van der Waals surface area contributed by atoms with Crippen LogP contribution in [-0.4, -0.2) is 30.4 Å². The van der Waals surface area contributed by atoms with E-state index in [1.807, 2.05) is 29.2 Å². The van der Waals surface area contributed by atoms with Crippen molar-refractivity contribution in [1.29, 1.82) is 5.26 Å². The number of benzene rings is 2. The summed E-state index contributed by atoms with van der Waals surface area (Å²) in [6.07, 6.45) is 3.26. The Morgan fingerprint density at radius 2 is 1.82 bits per heavy atom. The van der Waals surface area contributed by atoms with Crippen LogP contribution in [0.3, 0.4) is 0 Å². The van der Waals surface area contributed by atoms with Gasteiger partial charge in [-0.3, -0.25) is 9.69 Å². The smallest absolute Gasteiger partial charge is 0.227 e. The van der Waals surface area contributed by atoms with E-state index in [0.717, 1.165) is 50.3 Å². The molecular weight excluding hydrogens is 346 g/mol. The van der Waals surface area contributed by atoms with Gasteiger partial charge in [0, 0.05) is 25.2 Å². The number of hydrogen-bond acceptors (Lipinski definition) is 3. The normalized spacial score (nSPS) is 13.3. The fourth-order valence-corrected chi connectivity index (χ4v) is 3.85. The van der Waals surface area contributed by atoms with Gasteiger partial charge in [-0.25, -0.2) is 0 Å². The molecule has 0 unspecified atom stereocenters. The average Bonchev–Trinajstić information content (AvgIpc) is 2.75. The summed E-state index contributed by atoms with van der Waals surface area (Å²) in [4.78, 5) is 17.2. The Kier molecular flexibility index (Phi) is 6.84. The van der Waals surface area contributed by atoms with Gasteiger partial charge in [0.25, 0.3) is 0 Å². The number of amides is 1. The van der Waals surface area contributed by atoms with Crippen LogP contribution in [0.1, 0.15) is 48.9 Å². The maximum Gasteiger partial charge on any atom is 0.227 e. The molecule has 0 atom stereocenters. The third kappa shape index (κ3) is 4.79. The number of nitrogens with zero attached hydrogens (tertiary/aromatic N) is 3. The zero-order chi connectivity index (χ0) is 19.9. The predicted octanol–water partition coefficient (Wildman–Crippen LogP) is 4.31. The summed E-state index contributed by atoms with van der Waals surface area (Å²) in [5, 5.41) is 8.89. The second-order valence-corrected chi connectivity index (χ2v) is 7.38. The number of aryl methyl sites for hydroxylation is 2. The molecule has 146 valence electrons. The summed E-state index contributed by atoms with van der Waals surface area (Å²) in [5.41, 5.74) is 5.45. The summed E-state index contributed by atoms with van der Waals surface area (Å²) in [5.74, 6) is 0.182. The number of rotatable bonds is 7. The van der Waals surface area contributed by atoms with Gasteiger partial charge in [0.1, 0.15) is 0 Å². The van der Waals surface area contributed by atoms with Crippen molar-refractivity contribution in [3.8, 4) is 6.07 Å². The van der Waals surface area contributed by atoms with Crippen molar-refractivity contribution in [3.05, 3.63) is 64.7 Å². The SMILES string of the molecule is CCN(CC)Cc1ccc2c(c1)CCCN2C(=O)CCc1ccc(C#N)cc1. The molecule has 3 rings (SSSR count). The van der Waals surface area contributed by atoms with Gasteiger partial charge in [-0.05, 0) is 67.2 Å². The van der Waals surface area contributed by atoms with Crippen LogP contribution in [0, 0.1) is 11.3 Å². The third-order valence-corrected chi connectivity index (χ3v) is 5.57. The summed E-state index contributed by atoms with van der Waals surface area (Å²) in [7, 11) is 0. The van der Waals surface area contributed by atoms with Crippen LogP contribution in [0.4, 0.5) is 5.69 Å². The van der Waals surface area contributed by atoms with Crippen molar-refractivity contribution < 1.29 is 4.79 Å². The van der Waals surface area contributed by atoms with E-state index in [1.165, 1.54) is 11.1 Å². The molecule has 0 spiro atoms. The highest BCUT2D eigenvalue weighted by molar-refractivity contribution is 5.94. The molecule has 0 saturated heterocycles. The van der Waals surface area contributed by atoms with E-state index in [0.29, 0.717) is 18.4 Å². The van der Waals surface area contributed by atoms with Gasteiger partial charge in [-0.2, -0.15) is 5.26 Å². The van der Waals surface area contributed by atoms with Gasteiger partial charge < -0.3 is 4.90 Å². The fraction of sp³-hybridized carbons (Fsp3) is 0.417. The molecule has 4 heteroatoms. The number of carbonyl (C=O) groups is 1. The van der Waals surface area contributed by atoms with E-state index >= 15 is 0 Å². The van der Waals surface area contributed by atoms with Gasteiger partial charge in [0.05, 0.1) is 11.6 Å². The maximum absolute atomic E-state index is 12.9. The third-order valence-electron chi connectivity index (χ3n) is 5.57. The first kappa shape index (κ1) is 20.1. The van der Waals surface area contributed by atoms with Crippen molar-refractivity contribution in [3.63, 3.8) is 0 Å². The number of hydrogen-bond donors (Lipinski definition) is 0. The van der Waals surface area contributed by atoms with E-state index in [4.69, 9.17) is 5.26 Å². The van der Waals surface area contributed by atoms with Gasteiger partial charge in [0.2, 0.25) is 5.91 Å². The zero-order valence-corrected chi connectivity index (χ0v) is 16.9. The largest absolute Gasteiger partial charge is 0.312 e. The van der Waals surface area contributed by atoms with Crippen molar-refractivity contribution in [2.75, 3.05) is 24.5 Å². The number of carbonyl (C=O) groups excluding carboxylic acids is 1. The van der Waals surface area contributed by atoms with Crippen LogP contribution >= 0.6 is 0 Å². The van der Waals surface area contributed by atoms with E-state index in [-0.39, 0.29) is 5.91 Å². The van der Waals surface area contributed by atoms with Crippen LogP contribution in [0.25, 0.3) is 0 Å². The molecule has 1 aliphatic heterocycles. The fourth-order valence-electron chi connectivity index (χ4n) is 3.85. The first-order valence-corrected chi connectivity index (χ1v) is 10.3. The van der Waals surface area contributed by atoms with Crippen molar-refractivity contribution in [1.82, 2.24) is 4.90 Å². The molecule has 1 aliphatic rings. The second kappa shape index (κ2) is 9.52. The van der Waals surface area contributed by atoms with Gasteiger partial charge in [0.15, 0.2) is 0 Å². The van der Waals surface area contributed by atoms with Crippen molar-refractivity contribution in [2.24, 2.45) is 0 Å². The van der Waals surface area contributed by atoms with Gasteiger partial charge in [-0.1, -0.05) is 38.1 Å². The number of anilines is 1. The zero-order valence-electron chi connectivity index (χ0n) is 16.9. The van der Waals surface area contributed by atoms with Crippen molar-refractivity contribution in [2.45, 2.75) is 46.1 Å². The molecule has 0 aliphatic carbocycles. The molecule has 0 saturated carbocycles. The van der Waals surface area contributed by atoms with E-state index in [1.54, 1.807) is 0 Å². The molecule has 0 radical (unpaired) electrons. The van der Waals surface area contributed by atoms with Gasteiger partial charge >= 0.3 is 0 Å². The first-order chi connectivity index (χ1) is 13.6. The lowest BCUT2D eigenvalue weighted by atomic mass is 9.98. The standard InChI is InChI=1S/C24H29N3O/c1-3-26(4-2)18-21-11-13-23-22(16-21)6-5-15-27(23)24(28)14-12-19-7-9-20(17-25)10-8-19/h7-11,13,16H,3-6,12,14-15,18H2,1-2H3. The molecule has 2 aromatic carbocycles. The molecule has 2 aromatic rings. The van der Waals surface area contributed by atoms with E-state index in [9.17, 15) is 4.79 Å². The molecule has 0 aromatic heterocycles. The average molecular weight is 376 g/mol. The van der Waals surface area contributed by atoms with Crippen LogP contribution in [0.5, 0.6) is 0 Å². The summed E-state index contributed by atoms with van der Waals surface area (Å²) in [6.45, 7) is 8.24. The maximum atomic E-state index is 12.9. The quantitative estimate of drug-likeness (QED) is 0.724. The molecule has 4 nitrogen and oxygen atoms in total. The molecule has 0 N–H and O–H groups in total. The van der Waals surface area contributed by atoms with Gasteiger partial charge in [-0.15, -0.1) is 0 Å². The summed E-state index contributed by atoms with van der Waals surface area (Å²) < 4.78 is 0. The highest BCUT2D eigenvalue weighted by atomic mass is 16.2. The van der Waals surface area contributed by atoms with Crippen LogP contribution in [0.15, 0.2) is 42.5 Å². The molecule has 0 fully saturated rings. The minimum absolute atomic E-state index is 0.182. The van der Waals surface area contributed by atoms with Crippen LogP contribution in [0.2, 0.25) is 0 Å². The summed E-state index contributed by atoms with van der Waals surface area (Å²) >= 11 is 0. The molecule has 28 heavy (non-hydrogen) atoms. The lowest BCUT2D eigenvalue weighted by molar-refractivity contribution is -0.118. The lowest BCUT2D eigenvalue weighted by Crippen LogP contribution is -2.35.